The molecule has 0 aromatic heterocycles. The smallest absolute Gasteiger partial charge is 0.253 e. The number of carbonyl (C=O) groups is 1. The molecule has 1 saturated heterocycles. The predicted molar refractivity (Wildman–Crippen MR) is 70.9 cm³/mol. The number of rotatable bonds is 2. The average molecular weight is 253 g/mol. The van der Waals surface area contributed by atoms with E-state index in [0.29, 0.717) is 6.54 Å². The highest BCUT2D eigenvalue weighted by Crippen LogP contribution is 2.19. The summed E-state index contributed by atoms with van der Waals surface area (Å²) in [7, 11) is 3.96. The highest BCUT2D eigenvalue weighted by Gasteiger charge is 2.25. The first-order valence-electron chi connectivity index (χ1n) is 5.78. The van der Waals surface area contributed by atoms with Gasteiger partial charge in [0.25, 0.3) is 5.91 Å². The van der Waals surface area contributed by atoms with Crippen LogP contribution in [0.25, 0.3) is 0 Å². The summed E-state index contributed by atoms with van der Waals surface area (Å²) in [5, 5.41) is 0.111. The van der Waals surface area contributed by atoms with E-state index in [9.17, 15) is 4.79 Å². The minimum atomic E-state index is 0.0819. The highest BCUT2D eigenvalue weighted by molar-refractivity contribution is 6.21. The van der Waals surface area contributed by atoms with E-state index in [1.54, 1.807) is 0 Å². The lowest BCUT2D eigenvalue weighted by Crippen LogP contribution is -2.28. The van der Waals surface area contributed by atoms with Crippen LogP contribution in [0.5, 0.6) is 0 Å². The van der Waals surface area contributed by atoms with Crippen LogP contribution in [0.1, 0.15) is 16.8 Å². The molecule has 1 unspecified atom stereocenters. The maximum Gasteiger partial charge on any atom is 0.253 e. The van der Waals surface area contributed by atoms with E-state index in [0.717, 1.165) is 24.2 Å². The third-order valence-electron chi connectivity index (χ3n) is 3.05. The molecule has 1 fully saturated rings. The minimum Gasteiger partial charge on any atom is -0.378 e. The number of hydrogen-bond acceptors (Lipinski definition) is 2. The number of alkyl halides is 1. The maximum atomic E-state index is 12.1. The van der Waals surface area contributed by atoms with E-state index >= 15 is 0 Å². The minimum absolute atomic E-state index is 0.0819. The van der Waals surface area contributed by atoms with Crippen molar-refractivity contribution in [1.82, 2.24) is 4.90 Å². The van der Waals surface area contributed by atoms with E-state index in [2.05, 4.69) is 0 Å². The fourth-order valence-electron chi connectivity index (χ4n) is 1.99. The van der Waals surface area contributed by atoms with E-state index in [-0.39, 0.29) is 11.3 Å². The van der Waals surface area contributed by atoms with Gasteiger partial charge in [0.05, 0.1) is 5.38 Å². The largest absolute Gasteiger partial charge is 0.378 e. The number of likely N-dealkylation sites (tertiary alicyclic amines) is 1. The molecule has 3 nitrogen and oxygen atoms in total. The van der Waals surface area contributed by atoms with Gasteiger partial charge in [-0.05, 0) is 30.7 Å². The summed E-state index contributed by atoms with van der Waals surface area (Å²) < 4.78 is 0. The van der Waals surface area contributed by atoms with Gasteiger partial charge in [-0.3, -0.25) is 4.79 Å². The quantitative estimate of drug-likeness (QED) is 0.754. The topological polar surface area (TPSA) is 23.6 Å². The van der Waals surface area contributed by atoms with Crippen molar-refractivity contribution in [2.75, 3.05) is 32.1 Å². The Hall–Kier alpha value is -1.22. The third kappa shape index (κ3) is 2.72. The molecule has 1 amide bonds. The molecule has 0 N–H and O–H groups in total. The standard InChI is InChI=1S/C13H17ClN2O/c1-15(2)12-5-3-10(4-6-12)13(17)16-8-7-11(14)9-16/h3-6,11H,7-9H2,1-2H3. The number of benzene rings is 1. The zero-order chi connectivity index (χ0) is 12.4. The first-order chi connectivity index (χ1) is 8.08. The maximum absolute atomic E-state index is 12.1. The lowest BCUT2D eigenvalue weighted by atomic mass is 10.2. The first-order valence-corrected chi connectivity index (χ1v) is 6.22. The Morgan fingerprint density at radius 1 is 1.35 bits per heavy atom. The van der Waals surface area contributed by atoms with Gasteiger partial charge in [0.1, 0.15) is 0 Å². The van der Waals surface area contributed by atoms with Gasteiger partial charge in [-0.15, -0.1) is 11.6 Å². The third-order valence-corrected chi connectivity index (χ3v) is 3.40. The summed E-state index contributed by atoms with van der Waals surface area (Å²) in [5.74, 6) is 0.0819. The van der Waals surface area contributed by atoms with Crippen LogP contribution in [-0.2, 0) is 0 Å². The molecular formula is C13H17ClN2O. The number of nitrogens with zero attached hydrogens (tertiary/aromatic N) is 2. The normalized spacial score (nSPS) is 19.5. The van der Waals surface area contributed by atoms with Gasteiger partial charge in [0.15, 0.2) is 0 Å². The fourth-order valence-corrected chi connectivity index (χ4v) is 2.25. The number of amides is 1. The second-order valence-electron chi connectivity index (χ2n) is 4.58. The van der Waals surface area contributed by atoms with Crippen molar-refractivity contribution in [2.24, 2.45) is 0 Å². The molecule has 92 valence electrons. The van der Waals surface area contributed by atoms with E-state index in [1.807, 2.05) is 48.2 Å². The SMILES string of the molecule is CN(C)c1ccc(C(=O)N2CCC(Cl)C2)cc1. The second-order valence-corrected chi connectivity index (χ2v) is 5.20. The van der Waals surface area contributed by atoms with Crippen molar-refractivity contribution >= 4 is 23.2 Å². The summed E-state index contributed by atoms with van der Waals surface area (Å²) in [6.07, 6.45) is 0.892. The van der Waals surface area contributed by atoms with Gasteiger partial charge in [-0.1, -0.05) is 0 Å². The molecule has 1 aliphatic heterocycles. The van der Waals surface area contributed by atoms with E-state index in [4.69, 9.17) is 11.6 Å². The molecule has 0 spiro atoms. The molecule has 4 heteroatoms. The summed E-state index contributed by atoms with van der Waals surface area (Å²) in [6.45, 7) is 1.43. The predicted octanol–water partition coefficient (Wildman–Crippen LogP) is 2.21. The van der Waals surface area contributed by atoms with Crippen molar-refractivity contribution in [3.8, 4) is 0 Å². The Morgan fingerprint density at radius 2 is 2.00 bits per heavy atom. The van der Waals surface area contributed by atoms with Crippen LogP contribution >= 0.6 is 11.6 Å². The Balaban J connectivity index is 2.09. The van der Waals surface area contributed by atoms with Gasteiger partial charge < -0.3 is 9.80 Å². The first kappa shape index (κ1) is 12.2. The van der Waals surface area contributed by atoms with Crippen LogP contribution in [-0.4, -0.2) is 43.4 Å². The van der Waals surface area contributed by atoms with Crippen LogP contribution in [0, 0.1) is 0 Å². The Labute approximate surface area is 107 Å². The zero-order valence-corrected chi connectivity index (χ0v) is 10.9. The lowest BCUT2D eigenvalue weighted by Gasteiger charge is -2.17. The molecule has 1 aromatic rings. The molecule has 0 saturated carbocycles. The lowest BCUT2D eigenvalue weighted by molar-refractivity contribution is 0.0793. The second kappa shape index (κ2) is 4.96. The summed E-state index contributed by atoms with van der Waals surface area (Å²) in [6, 6.07) is 7.67. The van der Waals surface area contributed by atoms with Gasteiger partial charge in [-0.2, -0.15) is 0 Å². The molecular weight excluding hydrogens is 236 g/mol. The molecule has 0 aliphatic carbocycles. The Bertz CT molecular complexity index is 402. The molecule has 2 rings (SSSR count). The van der Waals surface area contributed by atoms with Crippen LogP contribution in [0.4, 0.5) is 5.69 Å². The highest BCUT2D eigenvalue weighted by atomic mass is 35.5. The molecule has 17 heavy (non-hydrogen) atoms. The monoisotopic (exact) mass is 252 g/mol. The molecule has 0 radical (unpaired) electrons. The molecule has 1 heterocycles. The van der Waals surface area contributed by atoms with Crippen molar-refractivity contribution in [2.45, 2.75) is 11.8 Å². The Kier molecular flexibility index (Phi) is 3.57. The van der Waals surface area contributed by atoms with Gasteiger partial charge in [0.2, 0.25) is 0 Å². The van der Waals surface area contributed by atoms with Crippen molar-refractivity contribution in [3.63, 3.8) is 0 Å². The van der Waals surface area contributed by atoms with Crippen molar-refractivity contribution < 1.29 is 4.79 Å². The van der Waals surface area contributed by atoms with Gasteiger partial charge >= 0.3 is 0 Å². The number of halogens is 1. The molecule has 1 aromatic carbocycles. The summed E-state index contributed by atoms with van der Waals surface area (Å²) in [5.41, 5.74) is 1.83. The van der Waals surface area contributed by atoms with Crippen LogP contribution < -0.4 is 4.90 Å². The molecule has 0 bridgehead atoms. The van der Waals surface area contributed by atoms with Crippen molar-refractivity contribution in [3.05, 3.63) is 29.8 Å². The zero-order valence-electron chi connectivity index (χ0n) is 10.2. The number of carbonyl (C=O) groups excluding carboxylic acids is 1. The average Bonchev–Trinajstić information content (AvgIpc) is 2.75. The summed E-state index contributed by atoms with van der Waals surface area (Å²) >= 11 is 6.00. The van der Waals surface area contributed by atoms with Crippen LogP contribution in [0.3, 0.4) is 0 Å². The number of hydrogen-bond donors (Lipinski definition) is 0. The van der Waals surface area contributed by atoms with Crippen LogP contribution in [0.2, 0.25) is 0 Å². The van der Waals surface area contributed by atoms with Gasteiger partial charge in [0, 0.05) is 38.4 Å². The van der Waals surface area contributed by atoms with E-state index < -0.39 is 0 Å². The molecule has 1 atom stereocenters. The van der Waals surface area contributed by atoms with E-state index in [1.165, 1.54) is 0 Å². The summed E-state index contributed by atoms with van der Waals surface area (Å²) in [4.78, 5) is 16.0. The van der Waals surface area contributed by atoms with Crippen LogP contribution in [0.15, 0.2) is 24.3 Å². The Morgan fingerprint density at radius 3 is 2.47 bits per heavy atom. The van der Waals surface area contributed by atoms with Gasteiger partial charge in [-0.25, -0.2) is 0 Å². The fraction of sp³-hybridized carbons (Fsp3) is 0.462. The van der Waals surface area contributed by atoms with Crippen molar-refractivity contribution in [1.29, 1.82) is 0 Å². The number of anilines is 1. The molecule has 1 aliphatic rings.